The van der Waals surface area contributed by atoms with E-state index in [0.29, 0.717) is 13.2 Å². The van der Waals surface area contributed by atoms with E-state index in [-0.39, 0.29) is 36.4 Å². The van der Waals surface area contributed by atoms with E-state index in [1.54, 1.807) is 11.8 Å². The third-order valence-electron chi connectivity index (χ3n) is 7.78. The molecule has 0 aromatic rings. The summed E-state index contributed by atoms with van der Waals surface area (Å²) in [6.07, 6.45) is 10.5. The van der Waals surface area contributed by atoms with Crippen molar-refractivity contribution in [2.45, 2.75) is 81.9 Å². The van der Waals surface area contributed by atoms with E-state index in [1.165, 1.54) is 4.90 Å². The number of allylic oxidation sites excluding steroid dienone is 1. The van der Waals surface area contributed by atoms with Gasteiger partial charge in [-0.25, -0.2) is 0 Å². The molecule has 4 rings (SSSR count). The van der Waals surface area contributed by atoms with Crippen molar-refractivity contribution in [2.75, 3.05) is 26.3 Å². The van der Waals surface area contributed by atoms with E-state index in [1.807, 2.05) is 30.1 Å². The van der Waals surface area contributed by atoms with Gasteiger partial charge in [0.2, 0.25) is 11.8 Å². The molecule has 2 saturated heterocycles. The topological polar surface area (TPSA) is 87.2 Å². The molecule has 4 aliphatic rings. The molecule has 5 atom stereocenters. The van der Waals surface area contributed by atoms with E-state index in [9.17, 15) is 19.5 Å². The normalized spacial score (nSPS) is 36.5. The van der Waals surface area contributed by atoms with Crippen molar-refractivity contribution >= 4 is 29.5 Å². The summed E-state index contributed by atoms with van der Waals surface area (Å²) in [7, 11) is 0. The zero-order valence-electron chi connectivity index (χ0n) is 21.9. The number of nitrogens with zero attached hydrogens (tertiary/aromatic N) is 2. The minimum absolute atomic E-state index is 0.00436. The first-order chi connectivity index (χ1) is 16.3. The summed E-state index contributed by atoms with van der Waals surface area (Å²) in [4.78, 5) is 45.1. The number of esters is 1. The minimum atomic E-state index is -0.905. The lowest BCUT2D eigenvalue weighted by atomic mass is 9.74. The molecular weight excluding hydrogens is 464 g/mol. The molecule has 0 radical (unpaired) electrons. The van der Waals surface area contributed by atoms with Gasteiger partial charge >= 0.3 is 5.97 Å². The number of thioether (sulfide) groups is 1. The fourth-order valence-electron chi connectivity index (χ4n) is 6.92. The Kier molecular flexibility index (Phi) is 6.71. The Bertz CT molecular complexity index is 954. The van der Waals surface area contributed by atoms with Crippen LogP contribution < -0.4 is 0 Å². The van der Waals surface area contributed by atoms with Gasteiger partial charge in [-0.2, -0.15) is 0 Å². The van der Waals surface area contributed by atoms with Crippen molar-refractivity contribution in [2.24, 2.45) is 17.3 Å². The highest BCUT2D eigenvalue weighted by atomic mass is 32.2. The van der Waals surface area contributed by atoms with Crippen molar-refractivity contribution in [1.82, 2.24) is 9.80 Å². The van der Waals surface area contributed by atoms with Crippen LogP contribution in [0, 0.1) is 17.3 Å². The number of aliphatic hydroxyl groups excluding tert-OH is 1. The summed E-state index contributed by atoms with van der Waals surface area (Å²) in [5.74, 6) is -2.17. The highest BCUT2D eigenvalue weighted by Gasteiger charge is 2.74. The van der Waals surface area contributed by atoms with Crippen LogP contribution in [-0.4, -0.2) is 80.1 Å². The predicted molar refractivity (Wildman–Crippen MR) is 137 cm³/mol. The molecule has 0 saturated carbocycles. The second kappa shape index (κ2) is 8.94. The number of carbonyl (C=O) groups excluding carboxylic acids is 3. The number of fused-ring (bicyclic) bond motifs is 2. The van der Waals surface area contributed by atoms with Gasteiger partial charge in [-0.1, -0.05) is 45.1 Å². The van der Waals surface area contributed by atoms with Gasteiger partial charge < -0.3 is 19.6 Å². The van der Waals surface area contributed by atoms with E-state index in [0.717, 1.165) is 19.3 Å². The molecule has 0 aliphatic carbocycles. The van der Waals surface area contributed by atoms with Crippen LogP contribution in [0.1, 0.15) is 60.8 Å². The molecule has 0 bridgehead atoms. The maximum atomic E-state index is 14.4. The van der Waals surface area contributed by atoms with Crippen molar-refractivity contribution in [1.29, 1.82) is 0 Å². The van der Waals surface area contributed by atoms with Gasteiger partial charge in [0.05, 0.1) is 29.8 Å². The molecule has 35 heavy (non-hydrogen) atoms. The number of aliphatic hydroxyl groups is 1. The van der Waals surface area contributed by atoms with Gasteiger partial charge in [0.25, 0.3) is 0 Å². The predicted octanol–water partition coefficient (Wildman–Crippen LogP) is 3.17. The molecule has 0 aromatic heterocycles. The third-order valence-corrected chi connectivity index (χ3v) is 9.58. The highest BCUT2D eigenvalue weighted by molar-refractivity contribution is 8.02. The smallest absolute Gasteiger partial charge is 0.311 e. The summed E-state index contributed by atoms with van der Waals surface area (Å²) in [5, 5.41) is 9.84. The second-order valence-corrected chi connectivity index (χ2v) is 14.2. The standard InChI is InChI=1S/C27H40N2O5S/c1-24(2,3)17-25(4,5)29-13-10-12-27-18(21(31)28(14-15-30)20(27)22(29)32)19-23(33)34-16-9-7-8-11-26(19,6)35-27/h8,10-12,18-20,30H,7,9,13-17H2,1-6H3/b11-8-/t18-,19-,20?,26+,27-/m0/s1. The number of ether oxygens (including phenoxy) is 1. The zero-order chi connectivity index (χ0) is 25.8. The first-order valence-electron chi connectivity index (χ1n) is 12.7. The minimum Gasteiger partial charge on any atom is -0.465 e. The van der Waals surface area contributed by atoms with Crippen LogP contribution in [0.15, 0.2) is 24.3 Å². The number of hydrogen-bond acceptors (Lipinski definition) is 6. The Balaban J connectivity index is 1.84. The van der Waals surface area contributed by atoms with Crippen molar-refractivity contribution in [3.05, 3.63) is 24.3 Å². The van der Waals surface area contributed by atoms with Crippen LogP contribution in [0.2, 0.25) is 0 Å². The number of rotatable bonds is 4. The molecule has 1 spiro atoms. The Morgan fingerprint density at radius 2 is 1.80 bits per heavy atom. The molecule has 1 unspecified atom stereocenters. The number of β-amino-alcohol motifs (C(OH)–C–C–N with tert-alkyl or cyclic N) is 1. The van der Waals surface area contributed by atoms with Gasteiger partial charge in [0, 0.05) is 23.4 Å². The van der Waals surface area contributed by atoms with Crippen LogP contribution in [0.3, 0.4) is 0 Å². The Morgan fingerprint density at radius 1 is 1.09 bits per heavy atom. The fraction of sp³-hybridized carbons (Fsp3) is 0.741. The molecule has 8 heteroatoms. The maximum absolute atomic E-state index is 14.4. The Hall–Kier alpha value is -1.80. The van der Waals surface area contributed by atoms with Crippen LogP contribution >= 0.6 is 11.8 Å². The van der Waals surface area contributed by atoms with Gasteiger partial charge in [-0.3, -0.25) is 14.4 Å². The summed E-state index contributed by atoms with van der Waals surface area (Å²) < 4.78 is 4.05. The average Bonchev–Trinajstić information content (AvgIpc) is 3.06. The molecule has 2 fully saturated rings. The fourth-order valence-corrected chi connectivity index (χ4v) is 9.07. The van der Waals surface area contributed by atoms with Crippen molar-refractivity contribution in [3.8, 4) is 0 Å². The third kappa shape index (κ3) is 4.35. The average molecular weight is 505 g/mol. The van der Waals surface area contributed by atoms with Gasteiger partial charge in [0.15, 0.2) is 0 Å². The number of carbonyl (C=O) groups is 3. The SMILES string of the molecule is CC(C)(C)CC(C)(C)N1CC=C[C@]23S[C@]4(C)/C=C\CCCOC(=O)[C@@H]4[C@H]2C(=O)N(CCO)C3C1=O. The maximum Gasteiger partial charge on any atom is 0.311 e. The van der Waals surface area contributed by atoms with Crippen LogP contribution in [0.4, 0.5) is 0 Å². The number of likely N-dealkylation sites (tertiary alicyclic amines) is 1. The van der Waals surface area contributed by atoms with E-state index in [4.69, 9.17) is 4.74 Å². The van der Waals surface area contributed by atoms with Gasteiger partial charge in [-0.15, -0.1) is 11.8 Å². The molecule has 4 aliphatic heterocycles. The molecular formula is C27H40N2O5S. The van der Waals surface area contributed by atoms with Crippen molar-refractivity contribution < 1.29 is 24.2 Å². The molecule has 2 amide bonds. The lowest BCUT2D eigenvalue weighted by Crippen LogP contribution is -2.59. The Labute approximate surface area is 213 Å². The molecule has 1 N–H and O–H groups in total. The highest BCUT2D eigenvalue weighted by Crippen LogP contribution is 2.65. The summed E-state index contributed by atoms with van der Waals surface area (Å²) in [6.45, 7) is 13.2. The summed E-state index contributed by atoms with van der Waals surface area (Å²) >= 11 is 1.54. The quantitative estimate of drug-likeness (QED) is 0.468. The molecule has 4 heterocycles. The monoisotopic (exact) mass is 504 g/mol. The van der Waals surface area contributed by atoms with Gasteiger partial charge in [0.1, 0.15) is 6.04 Å². The van der Waals surface area contributed by atoms with Crippen LogP contribution in [0.5, 0.6) is 0 Å². The number of hydrogen-bond donors (Lipinski definition) is 1. The molecule has 194 valence electrons. The number of cyclic esters (lactones) is 1. The lowest BCUT2D eigenvalue weighted by Gasteiger charge is -2.44. The Morgan fingerprint density at radius 3 is 2.46 bits per heavy atom. The van der Waals surface area contributed by atoms with E-state index >= 15 is 0 Å². The van der Waals surface area contributed by atoms with Crippen LogP contribution in [0.25, 0.3) is 0 Å². The zero-order valence-corrected chi connectivity index (χ0v) is 22.7. The van der Waals surface area contributed by atoms with Gasteiger partial charge in [-0.05, 0) is 45.4 Å². The largest absolute Gasteiger partial charge is 0.465 e. The van der Waals surface area contributed by atoms with Crippen molar-refractivity contribution in [3.63, 3.8) is 0 Å². The molecule has 0 aromatic carbocycles. The summed E-state index contributed by atoms with van der Waals surface area (Å²) in [5.41, 5.74) is -0.437. The van der Waals surface area contributed by atoms with E-state index in [2.05, 4.69) is 40.7 Å². The lowest BCUT2D eigenvalue weighted by molar-refractivity contribution is -0.154. The molecule has 7 nitrogen and oxygen atoms in total. The summed E-state index contributed by atoms with van der Waals surface area (Å²) in [6, 6.07) is -0.788. The number of amides is 2. The second-order valence-electron chi connectivity index (χ2n) is 12.4. The first-order valence-corrected chi connectivity index (χ1v) is 13.5. The van der Waals surface area contributed by atoms with Crippen LogP contribution in [-0.2, 0) is 19.1 Å². The first kappa shape index (κ1) is 26.3. The van der Waals surface area contributed by atoms with E-state index < -0.39 is 32.9 Å².